The number of benzene rings is 4. The van der Waals surface area contributed by atoms with Crippen LogP contribution in [0, 0.1) is 0 Å². The van der Waals surface area contributed by atoms with E-state index in [0.29, 0.717) is 6.54 Å². The fraction of sp³-hybridized carbons (Fsp3) is 0.222. The predicted octanol–water partition coefficient (Wildman–Crippen LogP) is 8.25. The second-order valence-electron chi connectivity index (χ2n) is 11.4. The first-order valence-electron chi connectivity index (χ1n) is 14.0. The molecule has 0 amide bonds. The Morgan fingerprint density at radius 1 is 0.756 bits per heavy atom. The number of rotatable bonds is 8. The van der Waals surface area contributed by atoms with Crippen LogP contribution in [-0.2, 0) is 15.9 Å². The van der Waals surface area contributed by atoms with Crippen molar-refractivity contribution < 1.29 is 9.31 Å². The van der Waals surface area contributed by atoms with Crippen LogP contribution in [0.3, 0.4) is 0 Å². The Labute approximate surface area is 244 Å². The molecular weight excluding hydrogens is 503 g/mol. The average Bonchev–Trinajstić information content (AvgIpc) is 3.19. The lowest BCUT2D eigenvalue weighted by molar-refractivity contribution is 0.00578. The van der Waals surface area contributed by atoms with E-state index in [1.54, 1.807) is 6.21 Å². The Bertz CT molecular complexity index is 1620. The van der Waals surface area contributed by atoms with Crippen LogP contribution in [0.1, 0.15) is 45.7 Å². The van der Waals surface area contributed by atoms with Gasteiger partial charge in [0.25, 0.3) is 0 Å². The van der Waals surface area contributed by atoms with Crippen LogP contribution in [0.4, 0.5) is 0 Å². The normalized spacial score (nSPS) is 15.8. The van der Waals surface area contributed by atoms with Gasteiger partial charge in [-0.15, -0.1) is 0 Å². The van der Waals surface area contributed by atoms with Crippen LogP contribution in [0.25, 0.3) is 39.1 Å². The van der Waals surface area contributed by atoms with E-state index in [9.17, 15) is 0 Å². The van der Waals surface area contributed by atoms with E-state index in [1.165, 1.54) is 0 Å². The predicted molar refractivity (Wildman–Crippen MR) is 175 cm³/mol. The minimum absolute atomic E-state index is 0.408. The number of hydrogen-bond acceptors (Lipinski definition) is 4. The summed E-state index contributed by atoms with van der Waals surface area (Å²) in [5.74, 6) is 0. The van der Waals surface area contributed by atoms with Gasteiger partial charge in [-0.05, 0) is 97.9 Å². The van der Waals surface area contributed by atoms with Gasteiger partial charge in [0.15, 0.2) is 0 Å². The summed E-state index contributed by atoms with van der Waals surface area (Å²) >= 11 is 0. The quantitative estimate of drug-likeness (QED) is 0.167. The van der Waals surface area contributed by atoms with Gasteiger partial charge >= 0.3 is 7.12 Å². The summed E-state index contributed by atoms with van der Waals surface area (Å²) in [6.45, 7) is 18.7. The number of nitrogens with zero attached hydrogens (tertiary/aromatic N) is 2. The maximum atomic E-state index is 6.42. The van der Waals surface area contributed by atoms with E-state index in [0.717, 1.165) is 55.7 Å². The van der Waals surface area contributed by atoms with Crippen LogP contribution in [-0.4, -0.2) is 31.3 Å². The zero-order valence-electron chi connectivity index (χ0n) is 24.6. The van der Waals surface area contributed by atoms with Gasteiger partial charge in [-0.1, -0.05) is 85.4 Å². The third kappa shape index (κ3) is 5.61. The van der Waals surface area contributed by atoms with Crippen molar-refractivity contribution in [3.05, 3.63) is 109 Å². The molecule has 0 aliphatic carbocycles. The van der Waals surface area contributed by atoms with Crippen molar-refractivity contribution in [2.24, 2.45) is 9.98 Å². The van der Waals surface area contributed by atoms with Crippen molar-refractivity contribution in [2.75, 3.05) is 0 Å². The second kappa shape index (κ2) is 11.4. The minimum atomic E-state index is -0.437. The van der Waals surface area contributed by atoms with Gasteiger partial charge in [0.05, 0.1) is 23.4 Å². The van der Waals surface area contributed by atoms with Crippen LogP contribution >= 0.6 is 0 Å². The van der Waals surface area contributed by atoms with E-state index in [1.807, 2.05) is 25.1 Å². The summed E-state index contributed by atoms with van der Waals surface area (Å²) in [5.41, 5.74) is 9.65. The third-order valence-electron chi connectivity index (χ3n) is 8.18. The molecule has 206 valence electrons. The SMILES string of the molecule is C=NCc1ccc(-c2cccc(-c3ccccc3B3OC(C)(C)C(C)(C)O3)c2)cc1-c1ccccc1C(=C)N=CC. The van der Waals surface area contributed by atoms with Crippen LogP contribution < -0.4 is 5.46 Å². The second-order valence-corrected chi connectivity index (χ2v) is 11.4. The van der Waals surface area contributed by atoms with Crippen molar-refractivity contribution in [1.29, 1.82) is 0 Å². The van der Waals surface area contributed by atoms with E-state index < -0.39 is 18.3 Å². The van der Waals surface area contributed by atoms with Gasteiger partial charge in [0.2, 0.25) is 0 Å². The molecule has 4 aromatic carbocycles. The zero-order chi connectivity index (χ0) is 29.2. The molecule has 1 aliphatic heterocycles. The molecule has 41 heavy (non-hydrogen) atoms. The molecule has 5 rings (SSSR count). The number of hydrogen-bond donors (Lipinski definition) is 0. The van der Waals surface area contributed by atoms with Crippen molar-refractivity contribution in [3.8, 4) is 33.4 Å². The highest BCUT2D eigenvalue weighted by molar-refractivity contribution is 6.63. The Morgan fingerprint density at radius 3 is 2.10 bits per heavy atom. The fourth-order valence-electron chi connectivity index (χ4n) is 5.26. The molecule has 0 aromatic heterocycles. The van der Waals surface area contributed by atoms with Gasteiger partial charge in [-0.3, -0.25) is 9.98 Å². The molecule has 0 radical (unpaired) electrons. The van der Waals surface area contributed by atoms with E-state index in [4.69, 9.17) is 9.31 Å². The van der Waals surface area contributed by atoms with Crippen LogP contribution in [0.5, 0.6) is 0 Å². The lowest BCUT2D eigenvalue weighted by atomic mass is 9.74. The van der Waals surface area contributed by atoms with Gasteiger partial charge < -0.3 is 9.31 Å². The van der Waals surface area contributed by atoms with Gasteiger partial charge in [0, 0.05) is 11.8 Å². The van der Waals surface area contributed by atoms with Gasteiger partial charge in [-0.25, -0.2) is 0 Å². The highest BCUT2D eigenvalue weighted by Crippen LogP contribution is 2.38. The maximum absolute atomic E-state index is 6.42. The molecule has 1 aliphatic rings. The van der Waals surface area contributed by atoms with E-state index in [2.05, 4.69) is 124 Å². The average molecular weight is 541 g/mol. The molecular formula is C36H37BN2O2. The van der Waals surface area contributed by atoms with Crippen LogP contribution in [0.15, 0.2) is 108 Å². The Kier molecular flexibility index (Phi) is 7.94. The van der Waals surface area contributed by atoms with Crippen molar-refractivity contribution in [2.45, 2.75) is 52.4 Å². The Morgan fingerprint density at radius 2 is 1.39 bits per heavy atom. The van der Waals surface area contributed by atoms with Crippen molar-refractivity contribution >= 4 is 31.2 Å². The van der Waals surface area contributed by atoms with E-state index in [-0.39, 0.29) is 0 Å². The molecule has 1 fully saturated rings. The molecule has 0 unspecified atom stereocenters. The third-order valence-corrected chi connectivity index (χ3v) is 8.18. The first kappa shape index (κ1) is 28.5. The Balaban J connectivity index is 1.58. The fourth-order valence-corrected chi connectivity index (χ4v) is 5.26. The molecule has 4 aromatic rings. The van der Waals surface area contributed by atoms with Gasteiger partial charge in [-0.2, -0.15) is 0 Å². The molecule has 0 bridgehead atoms. The minimum Gasteiger partial charge on any atom is -0.399 e. The summed E-state index contributed by atoms with van der Waals surface area (Å²) in [5, 5.41) is 0. The monoisotopic (exact) mass is 540 g/mol. The Hall–Kier alpha value is -4.06. The van der Waals surface area contributed by atoms with Gasteiger partial charge in [0.1, 0.15) is 0 Å². The highest BCUT2D eigenvalue weighted by Gasteiger charge is 2.52. The van der Waals surface area contributed by atoms with Crippen molar-refractivity contribution in [3.63, 3.8) is 0 Å². The summed E-state index contributed by atoms with van der Waals surface area (Å²) in [7, 11) is -0.437. The molecule has 4 nitrogen and oxygen atoms in total. The first-order valence-corrected chi connectivity index (χ1v) is 14.0. The molecule has 0 saturated carbocycles. The standard InChI is InChI=1S/C36H37BN2O2/c1-8-39-25(2)30-16-9-10-18-32(30)33-23-27(20-21-29(33)24-38-7)26-14-13-15-28(22-26)31-17-11-12-19-34(31)37-40-35(3,4)36(5,6)41-37/h8-23H,2,7,24H2,1,3-6H3. The first-order chi connectivity index (χ1) is 19.6. The molecule has 5 heteroatoms. The summed E-state index contributed by atoms with van der Waals surface area (Å²) in [6, 6.07) is 31.8. The molecule has 0 spiro atoms. The molecule has 1 heterocycles. The topological polar surface area (TPSA) is 43.2 Å². The number of aliphatic imine (C=N–C) groups is 2. The highest BCUT2D eigenvalue weighted by atomic mass is 16.7. The molecule has 0 atom stereocenters. The largest absolute Gasteiger partial charge is 0.495 e. The van der Waals surface area contributed by atoms with Crippen molar-refractivity contribution in [1.82, 2.24) is 0 Å². The maximum Gasteiger partial charge on any atom is 0.495 e. The molecule has 1 saturated heterocycles. The summed E-state index contributed by atoms with van der Waals surface area (Å²) in [6.07, 6.45) is 1.77. The summed E-state index contributed by atoms with van der Waals surface area (Å²) < 4.78 is 12.8. The lowest BCUT2D eigenvalue weighted by Crippen LogP contribution is -2.41. The van der Waals surface area contributed by atoms with Crippen LogP contribution in [0.2, 0.25) is 0 Å². The lowest BCUT2D eigenvalue weighted by Gasteiger charge is -2.32. The molecule has 0 N–H and O–H groups in total. The smallest absolute Gasteiger partial charge is 0.399 e. The summed E-state index contributed by atoms with van der Waals surface area (Å²) in [4.78, 5) is 8.67. The van der Waals surface area contributed by atoms with E-state index >= 15 is 0 Å². The zero-order valence-corrected chi connectivity index (χ0v) is 24.6.